The van der Waals surface area contributed by atoms with Crippen LogP contribution in [0.15, 0.2) is 78.1 Å². The minimum atomic E-state index is -0.569. The second kappa shape index (κ2) is 9.05. The van der Waals surface area contributed by atoms with Gasteiger partial charge in [-0.2, -0.15) is 0 Å². The Morgan fingerprint density at radius 1 is 1.19 bits per heavy atom. The number of benzene rings is 2. The lowest BCUT2D eigenvalue weighted by atomic mass is 10.1. The second-order valence-electron chi connectivity index (χ2n) is 5.19. The number of hydrogen-bond donors (Lipinski definition) is 4. The average Bonchev–Trinajstić information content (AvgIpc) is 2.62. The van der Waals surface area contributed by atoms with Gasteiger partial charge in [-0.25, -0.2) is 9.38 Å². The normalized spacial score (nSPS) is 12.0. The van der Waals surface area contributed by atoms with Gasteiger partial charge in [0.1, 0.15) is 29.2 Å². The molecule has 0 aliphatic rings. The molecule has 6 nitrogen and oxygen atoms in total. The van der Waals surface area contributed by atoms with Crippen molar-refractivity contribution >= 4 is 28.6 Å². The number of aromatic hydroxyl groups is 1. The molecule has 0 fully saturated rings. The maximum atomic E-state index is 13.0. The molecular formula is C19H18FN4O2+. The van der Waals surface area contributed by atoms with Gasteiger partial charge in [0, 0.05) is 12.1 Å². The molecule has 2 aromatic carbocycles. The van der Waals surface area contributed by atoms with Crippen LogP contribution in [0.3, 0.4) is 0 Å². The van der Waals surface area contributed by atoms with Crippen molar-refractivity contribution in [3.8, 4) is 5.75 Å². The van der Waals surface area contributed by atoms with Crippen LogP contribution in [-0.4, -0.2) is 22.3 Å². The molecule has 26 heavy (non-hydrogen) atoms. The van der Waals surface area contributed by atoms with Gasteiger partial charge in [-0.05, 0) is 48.7 Å². The summed E-state index contributed by atoms with van der Waals surface area (Å²) in [4.78, 5) is 16.3. The second-order valence-corrected chi connectivity index (χ2v) is 5.19. The van der Waals surface area contributed by atoms with Crippen LogP contribution in [0.25, 0.3) is 0 Å². The van der Waals surface area contributed by atoms with E-state index in [0.717, 1.165) is 0 Å². The summed E-state index contributed by atoms with van der Waals surface area (Å²) in [5.74, 6) is -0.857. The lowest BCUT2D eigenvalue weighted by molar-refractivity contribution is -0.496. The molecule has 2 aromatic rings. The Hall–Kier alpha value is -3.58. The number of halogens is 1. The van der Waals surface area contributed by atoms with E-state index in [1.54, 1.807) is 29.6 Å². The highest BCUT2D eigenvalue weighted by Gasteiger charge is 2.12. The molecule has 0 radical (unpaired) electrons. The van der Waals surface area contributed by atoms with Crippen molar-refractivity contribution in [2.24, 2.45) is 10.7 Å². The topological polar surface area (TPSA) is 116 Å². The Morgan fingerprint density at radius 3 is 2.58 bits per heavy atom. The molecule has 7 heteroatoms. The van der Waals surface area contributed by atoms with Gasteiger partial charge in [0.25, 0.3) is 0 Å². The average molecular weight is 353 g/mol. The summed E-state index contributed by atoms with van der Waals surface area (Å²) in [6, 6.07) is 11.9. The fourth-order valence-corrected chi connectivity index (χ4v) is 2.01. The monoisotopic (exact) mass is 353 g/mol. The van der Waals surface area contributed by atoms with Crippen LogP contribution < -0.4 is 11.1 Å². The Balaban J connectivity index is 2.11. The number of nitrogens with one attached hydrogen (secondary N) is 1. The molecule has 0 amide bonds. The predicted molar refractivity (Wildman–Crippen MR) is 98.4 cm³/mol. The predicted octanol–water partition coefficient (Wildman–Crippen LogP) is 2.07. The Kier molecular flexibility index (Phi) is 6.53. The first-order valence-corrected chi connectivity index (χ1v) is 7.66. The standard InChI is InChI=1S/C19H17FN4O2/c20-13-4-6-14(7-5-13)24-17(8-10-21)19(22)18(26)9-11-23-15-2-1-3-16(25)12-15/h1-12,22-23,25H,21H2/p+1. The van der Waals surface area contributed by atoms with Crippen molar-refractivity contribution in [2.75, 3.05) is 0 Å². The van der Waals surface area contributed by atoms with Crippen molar-refractivity contribution in [3.63, 3.8) is 0 Å². The van der Waals surface area contributed by atoms with E-state index in [2.05, 4.69) is 4.99 Å². The number of phenols is 1. The van der Waals surface area contributed by atoms with Crippen LogP contribution in [0.5, 0.6) is 5.75 Å². The molecule has 0 aliphatic heterocycles. The number of carbonyl (C=O) groups is 1. The van der Waals surface area contributed by atoms with E-state index in [-0.39, 0.29) is 17.2 Å². The van der Waals surface area contributed by atoms with Gasteiger partial charge < -0.3 is 10.8 Å². The molecule has 0 atom stereocenters. The number of aliphatic imine (C=N–C) groups is 1. The molecule has 0 aromatic heterocycles. The third-order valence-electron chi connectivity index (χ3n) is 3.24. The van der Waals surface area contributed by atoms with Crippen molar-refractivity contribution in [2.45, 2.75) is 0 Å². The molecule has 0 spiro atoms. The molecule has 0 heterocycles. The summed E-state index contributed by atoms with van der Waals surface area (Å²) >= 11 is 0. The fraction of sp³-hybridized carbons (Fsp3) is 0. The summed E-state index contributed by atoms with van der Waals surface area (Å²) in [6.07, 6.45) is 5.20. The van der Waals surface area contributed by atoms with Crippen LogP contribution in [0.4, 0.5) is 15.8 Å². The molecule has 0 aliphatic carbocycles. The Bertz CT molecular complexity index is 887. The van der Waals surface area contributed by atoms with E-state index in [0.29, 0.717) is 11.4 Å². The lowest BCUT2D eigenvalue weighted by Crippen LogP contribution is -2.71. The van der Waals surface area contributed by atoms with Gasteiger partial charge in [0.05, 0.1) is 11.4 Å². The zero-order chi connectivity index (χ0) is 18.9. The molecule has 0 unspecified atom stereocenters. The van der Waals surface area contributed by atoms with Gasteiger partial charge >= 0.3 is 0 Å². The molecule has 132 valence electrons. The van der Waals surface area contributed by atoms with E-state index >= 15 is 0 Å². The Morgan fingerprint density at radius 2 is 1.92 bits per heavy atom. The largest absolute Gasteiger partial charge is 0.508 e. The van der Waals surface area contributed by atoms with Crippen LogP contribution in [-0.2, 0) is 4.79 Å². The third-order valence-corrected chi connectivity index (χ3v) is 3.24. The van der Waals surface area contributed by atoms with Crippen LogP contribution in [0.2, 0.25) is 0 Å². The quantitative estimate of drug-likeness (QED) is 0.347. The summed E-state index contributed by atoms with van der Waals surface area (Å²) in [7, 11) is 0. The van der Waals surface area contributed by atoms with Crippen LogP contribution in [0.1, 0.15) is 0 Å². The maximum Gasteiger partial charge on any atom is 0.210 e. The summed E-state index contributed by atoms with van der Waals surface area (Å²) in [6.45, 7) is 0. The number of nitrogens with two attached hydrogens (primary N) is 2. The highest BCUT2D eigenvalue weighted by atomic mass is 19.1. The number of carbonyl (C=O) groups excluding carboxylic acids is 1. The Labute approximate surface area is 149 Å². The summed E-state index contributed by atoms with van der Waals surface area (Å²) in [5.41, 5.74) is 6.18. The lowest BCUT2D eigenvalue weighted by Gasteiger charge is -2.01. The van der Waals surface area contributed by atoms with Gasteiger partial charge in [0.2, 0.25) is 5.78 Å². The molecular weight excluding hydrogens is 335 g/mol. The van der Waals surface area contributed by atoms with Crippen molar-refractivity contribution in [1.29, 1.82) is 5.41 Å². The fourth-order valence-electron chi connectivity index (χ4n) is 2.01. The number of ketones is 1. The zero-order valence-corrected chi connectivity index (χ0v) is 13.8. The van der Waals surface area contributed by atoms with E-state index < -0.39 is 11.6 Å². The van der Waals surface area contributed by atoms with E-state index in [4.69, 9.17) is 11.1 Å². The van der Waals surface area contributed by atoms with Gasteiger partial charge in [-0.15, -0.1) is 0 Å². The van der Waals surface area contributed by atoms with E-state index in [1.165, 1.54) is 48.8 Å². The number of phenolic OH excluding ortho intramolecular Hbond substituents is 1. The van der Waals surface area contributed by atoms with E-state index in [9.17, 15) is 14.3 Å². The number of hydrogen-bond acceptors (Lipinski definition) is 5. The minimum Gasteiger partial charge on any atom is -0.508 e. The summed E-state index contributed by atoms with van der Waals surface area (Å²) < 4.78 is 13.0. The number of allylic oxidation sites excluding steroid dienone is 2. The molecule has 6 N–H and O–H groups in total. The van der Waals surface area contributed by atoms with Crippen molar-refractivity contribution < 1.29 is 19.6 Å². The van der Waals surface area contributed by atoms with Crippen molar-refractivity contribution in [3.05, 3.63) is 78.9 Å². The van der Waals surface area contributed by atoms with Gasteiger partial charge in [-0.3, -0.25) is 15.5 Å². The van der Waals surface area contributed by atoms with Gasteiger partial charge in [0.15, 0.2) is 0 Å². The number of rotatable bonds is 7. The maximum absolute atomic E-state index is 13.0. The van der Waals surface area contributed by atoms with E-state index in [1.807, 2.05) is 0 Å². The molecule has 0 saturated carbocycles. The highest BCUT2D eigenvalue weighted by Crippen LogP contribution is 2.13. The first kappa shape index (κ1) is 18.8. The molecule has 2 rings (SSSR count). The number of nitrogens with zero attached hydrogens (tertiary/aromatic N) is 1. The highest BCUT2D eigenvalue weighted by molar-refractivity contribution is 6.70. The first-order chi connectivity index (χ1) is 12.5. The minimum absolute atomic E-state index is 0.0612. The van der Waals surface area contributed by atoms with Crippen LogP contribution in [0, 0.1) is 11.2 Å². The first-order valence-electron chi connectivity index (χ1n) is 7.66. The zero-order valence-electron chi connectivity index (χ0n) is 13.8. The SMILES string of the molecule is N=C(C(=O)C=C[NH2+]c1cccc(O)c1)C(C=CN)=Nc1ccc(F)cc1. The molecule has 0 saturated heterocycles. The third kappa shape index (κ3) is 5.50. The van der Waals surface area contributed by atoms with Crippen molar-refractivity contribution in [1.82, 2.24) is 0 Å². The van der Waals surface area contributed by atoms with Gasteiger partial charge in [-0.1, -0.05) is 6.07 Å². The summed E-state index contributed by atoms with van der Waals surface area (Å²) in [5, 5.41) is 19.0. The smallest absolute Gasteiger partial charge is 0.210 e. The number of quaternary nitrogens is 1. The van der Waals surface area contributed by atoms with Crippen LogP contribution >= 0.6 is 0 Å². The molecule has 0 bridgehead atoms.